The van der Waals surface area contributed by atoms with Gasteiger partial charge in [0.2, 0.25) is 21.8 Å². The van der Waals surface area contributed by atoms with E-state index in [0.29, 0.717) is 12.1 Å². The second kappa shape index (κ2) is 7.09. The predicted octanol–water partition coefficient (Wildman–Crippen LogP) is 2.69. The summed E-state index contributed by atoms with van der Waals surface area (Å²) in [5, 5.41) is 6.67. The van der Waals surface area contributed by atoms with Crippen molar-refractivity contribution < 1.29 is 17.7 Å². The number of sulfonamides is 1. The monoisotopic (exact) mass is 391 g/mol. The summed E-state index contributed by atoms with van der Waals surface area (Å²) in [6, 6.07) is 8.44. The quantitative estimate of drug-likeness (QED) is 0.865. The van der Waals surface area contributed by atoms with E-state index in [1.54, 1.807) is 13.0 Å². The lowest BCUT2D eigenvalue weighted by atomic mass is 9.92. The molecule has 1 N–H and O–H groups in total. The van der Waals surface area contributed by atoms with E-state index < -0.39 is 22.0 Å². The Hall–Kier alpha value is -2.19. The van der Waals surface area contributed by atoms with Crippen molar-refractivity contribution >= 4 is 21.8 Å². The predicted molar refractivity (Wildman–Crippen MR) is 103 cm³/mol. The lowest BCUT2D eigenvalue weighted by Gasteiger charge is -2.34. The normalized spacial score (nSPS) is 18.1. The maximum atomic E-state index is 12.9. The largest absolute Gasteiger partial charge is 0.338 e. The summed E-state index contributed by atoms with van der Waals surface area (Å²) in [6.45, 7) is 7.74. The number of carbonyl (C=O) groups is 1. The average molecular weight is 391 g/mol. The van der Waals surface area contributed by atoms with Gasteiger partial charge in [-0.3, -0.25) is 10.1 Å². The summed E-state index contributed by atoms with van der Waals surface area (Å²) in [5.74, 6) is -0.258. The van der Waals surface area contributed by atoms with Crippen LogP contribution >= 0.6 is 0 Å². The topological polar surface area (TPSA) is 92.5 Å². The molecule has 1 aromatic carbocycles. The van der Waals surface area contributed by atoms with E-state index in [0.717, 1.165) is 11.1 Å². The molecule has 7 nitrogen and oxygen atoms in total. The van der Waals surface area contributed by atoms with Crippen molar-refractivity contribution in [3.05, 3.63) is 47.2 Å². The molecule has 1 atom stereocenters. The first-order valence-electron chi connectivity index (χ1n) is 8.96. The molecule has 0 saturated carbocycles. The van der Waals surface area contributed by atoms with Crippen LogP contribution in [0.15, 0.2) is 34.9 Å². The summed E-state index contributed by atoms with van der Waals surface area (Å²) in [6.07, 6.45) is 0.321. The van der Waals surface area contributed by atoms with Gasteiger partial charge >= 0.3 is 0 Å². The van der Waals surface area contributed by atoms with Crippen LogP contribution in [-0.4, -0.2) is 35.6 Å². The summed E-state index contributed by atoms with van der Waals surface area (Å²) < 4.78 is 31.7. The molecule has 2 aromatic rings. The number of rotatable bonds is 4. The van der Waals surface area contributed by atoms with Crippen LogP contribution in [0.2, 0.25) is 0 Å². The van der Waals surface area contributed by atoms with Gasteiger partial charge in [0.15, 0.2) is 0 Å². The average Bonchev–Trinajstić information content (AvgIpc) is 3.09. The van der Waals surface area contributed by atoms with Crippen molar-refractivity contribution in [1.29, 1.82) is 0 Å². The molecule has 3 rings (SSSR count). The van der Waals surface area contributed by atoms with Crippen molar-refractivity contribution in [2.75, 3.05) is 11.1 Å². The molecule has 0 fully saturated rings. The summed E-state index contributed by atoms with van der Waals surface area (Å²) >= 11 is 0. The molecule has 0 radical (unpaired) electrons. The molecule has 1 aromatic heterocycles. The number of hydrogen-bond acceptors (Lipinski definition) is 5. The van der Waals surface area contributed by atoms with E-state index in [1.807, 2.05) is 45.0 Å². The van der Waals surface area contributed by atoms with Gasteiger partial charge in [-0.2, -0.15) is 4.31 Å². The van der Waals surface area contributed by atoms with Crippen LogP contribution in [0.1, 0.15) is 44.5 Å². The Bertz CT molecular complexity index is 944. The van der Waals surface area contributed by atoms with Crippen LogP contribution in [0.5, 0.6) is 0 Å². The molecular formula is C19H25N3O4S. The van der Waals surface area contributed by atoms with E-state index in [1.165, 1.54) is 4.31 Å². The molecule has 0 saturated heterocycles. The Morgan fingerprint density at radius 1 is 1.30 bits per heavy atom. The number of hydrogen-bond donors (Lipinski definition) is 1. The number of nitrogens with one attached hydrogen (secondary N) is 1. The first-order chi connectivity index (χ1) is 12.6. The highest BCUT2D eigenvalue weighted by atomic mass is 32.2. The zero-order chi connectivity index (χ0) is 19.8. The highest BCUT2D eigenvalue weighted by Gasteiger charge is 2.38. The number of anilines is 1. The van der Waals surface area contributed by atoms with Gasteiger partial charge in [0.05, 0.1) is 11.4 Å². The zero-order valence-corrected chi connectivity index (χ0v) is 16.8. The van der Waals surface area contributed by atoms with Crippen molar-refractivity contribution in [2.45, 2.75) is 52.1 Å². The number of benzene rings is 1. The molecule has 0 spiro atoms. The number of nitrogens with zero attached hydrogens (tertiary/aromatic N) is 2. The highest BCUT2D eigenvalue weighted by Crippen LogP contribution is 2.28. The highest BCUT2D eigenvalue weighted by molar-refractivity contribution is 7.89. The number of carbonyl (C=O) groups excluding carboxylic acids is 1. The maximum Gasteiger partial charge on any atom is 0.245 e. The second-order valence-electron chi connectivity index (χ2n) is 7.75. The van der Waals surface area contributed by atoms with Gasteiger partial charge < -0.3 is 4.52 Å². The van der Waals surface area contributed by atoms with Gasteiger partial charge in [0.1, 0.15) is 6.04 Å². The fourth-order valence-electron chi connectivity index (χ4n) is 3.07. The van der Waals surface area contributed by atoms with E-state index in [2.05, 4.69) is 10.5 Å². The summed E-state index contributed by atoms with van der Waals surface area (Å²) in [5.41, 5.74) is 2.40. The Labute approximate surface area is 159 Å². The van der Waals surface area contributed by atoms with Crippen LogP contribution < -0.4 is 5.32 Å². The standard InChI is InChI=1S/C19H25N3O4S/c1-5-27(24,25)22-12-14-9-7-6-8-13(14)10-15(22)18(23)20-17-11-16(21-26-17)19(2,3)4/h6-9,11,15H,5,10,12H2,1-4H3,(H,20,23). The number of aromatic nitrogens is 1. The third-order valence-corrected chi connectivity index (χ3v) is 6.58. The maximum absolute atomic E-state index is 12.9. The van der Waals surface area contributed by atoms with Crippen molar-refractivity contribution in [3.63, 3.8) is 0 Å². The molecule has 27 heavy (non-hydrogen) atoms. The molecule has 0 aliphatic carbocycles. The Kier molecular flexibility index (Phi) is 5.14. The number of amides is 1. The molecule has 2 heterocycles. The lowest BCUT2D eigenvalue weighted by Crippen LogP contribution is -2.51. The Morgan fingerprint density at radius 2 is 1.96 bits per heavy atom. The van der Waals surface area contributed by atoms with Crippen molar-refractivity contribution in [3.8, 4) is 0 Å². The van der Waals surface area contributed by atoms with Gasteiger partial charge in [-0.05, 0) is 24.5 Å². The van der Waals surface area contributed by atoms with Crippen LogP contribution in [-0.2, 0) is 33.2 Å². The first-order valence-corrected chi connectivity index (χ1v) is 10.6. The minimum Gasteiger partial charge on any atom is -0.338 e. The van der Waals surface area contributed by atoms with Gasteiger partial charge in [0.25, 0.3) is 0 Å². The van der Waals surface area contributed by atoms with Crippen molar-refractivity contribution in [1.82, 2.24) is 9.46 Å². The summed E-state index contributed by atoms with van der Waals surface area (Å²) in [7, 11) is -3.54. The van der Waals surface area contributed by atoms with E-state index in [9.17, 15) is 13.2 Å². The van der Waals surface area contributed by atoms with Gasteiger partial charge in [0, 0.05) is 18.0 Å². The molecule has 0 bridgehead atoms. The van der Waals surface area contributed by atoms with Gasteiger partial charge in [-0.25, -0.2) is 8.42 Å². The first kappa shape index (κ1) is 19.6. The number of fused-ring (bicyclic) bond motifs is 1. The Morgan fingerprint density at radius 3 is 2.56 bits per heavy atom. The van der Waals surface area contributed by atoms with E-state index in [4.69, 9.17) is 4.52 Å². The smallest absolute Gasteiger partial charge is 0.245 e. The van der Waals surface area contributed by atoms with Crippen LogP contribution in [0.4, 0.5) is 5.88 Å². The van der Waals surface area contributed by atoms with E-state index in [-0.39, 0.29) is 23.6 Å². The second-order valence-corrected chi connectivity index (χ2v) is 9.96. The lowest BCUT2D eigenvalue weighted by molar-refractivity contribution is -0.120. The fraction of sp³-hybridized carbons (Fsp3) is 0.474. The Balaban J connectivity index is 1.87. The van der Waals surface area contributed by atoms with Gasteiger partial charge in [-0.15, -0.1) is 0 Å². The SMILES string of the molecule is CCS(=O)(=O)N1Cc2ccccc2CC1C(=O)Nc1cc(C(C)(C)C)no1. The van der Waals surface area contributed by atoms with Crippen LogP contribution in [0, 0.1) is 0 Å². The van der Waals surface area contributed by atoms with Gasteiger partial charge in [-0.1, -0.05) is 50.2 Å². The summed E-state index contributed by atoms with van der Waals surface area (Å²) in [4.78, 5) is 12.9. The van der Waals surface area contributed by atoms with Crippen LogP contribution in [0.3, 0.4) is 0 Å². The zero-order valence-electron chi connectivity index (χ0n) is 16.0. The minimum absolute atomic E-state index is 0.0601. The molecule has 1 amide bonds. The molecule has 1 unspecified atom stereocenters. The third-order valence-electron chi connectivity index (χ3n) is 4.76. The molecular weight excluding hydrogens is 366 g/mol. The third kappa shape index (κ3) is 4.06. The molecule has 8 heteroatoms. The molecule has 1 aliphatic rings. The van der Waals surface area contributed by atoms with Crippen molar-refractivity contribution in [2.24, 2.45) is 0 Å². The van der Waals surface area contributed by atoms with Crippen LogP contribution in [0.25, 0.3) is 0 Å². The molecule has 146 valence electrons. The van der Waals surface area contributed by atoms with E-state index >= 15 is 0 Å². The molecule has 1 aliphatic heterocycles. The minimum atomic E-state index is -3.54. The fourth-order valence-corrected chi connectivity index (χ4v) is 4.30.